The largest absolute Gasteiger partial charge is 0.508 e. The van der Waals surface area contributed by atoms with E-state index < -0.39 is 0 Å². The molecule has 0 saturated heterocycles. The fraction of sp³-hybridized carbons (Fsp3) is 0.143. The lowest BCUT2D eigenvalue weighted by molar-refractivity contribution is 0.444. The van der Waals surface area contributed by atoms with Crippen LogP contribution in [0.1, 0.15) is 18.5 Å². The van der Waals surface area contributed by atoms with Crippen LogP contribution in [0.25, 0.3) is 0 Å². The molecule has 3 nitrogen and oxygen atoms in total. The Morgan fingerprint density at radius 2 is 1.70 bits per heavy atom. The van der Waals surface area contributed by atoms with E-state index in [1.165, 1.54) is 12.1 Å². The zero-order valence-electron chi connectivity index (χ0n) is 10.5. The fourth-order valence-corrected chi connectivity index (χ4v) is 3.19. The van der Waals surface area contributed by atoms with E-state index in [9.17, 15) is 10.2 Å². The summed E-state index contributed by atoms with van der Waals surface area (Å²) >= 11 is 15.6. The molecule has 0 fully saturated rings. The number of aromatic hydroxyl groups is 2. The first kappa shape index (κ1) is 15.3. The Balaban J connectivity index is 2.30. The molecule has 0 bridgehead atoms. The van der Waals surface area contributed by atoms with Gasteiger partial charge in [-0.15, -0.1) is 0 Å². The fourth-order valence-electron chi connectivity index (χ4n) is 1.87. The molecule has 6 heteroatoms. The van der Waals surface area contributed by atoms with Gasteiger partial charge in [0.15, 0.2) is 0 Å². The molecule has 0 aliphatic rings. The topological polar surface area (TPSA) is 52.5 Å². The van der Waals surface area contributed by atoms with Gasteiger partial charge in [0.25, 0.3) is 0 Å². The van der Waals surface area contributed by atoms with Crippen LogP contribution in [0.15, 0.2) is 34.8 Å². The van der Waals surface area contributed by atoms with Crippen LogP contribution in [0.4, 0.5) is 5.69 Å². The van der Waals surface area contributed by atoms with Gasteiger partial charge in [-0.1, -0.05) is 39.1 Å². The molecule has 106 valence electrons. The zero-order valence-corrected chi connectivity index (χ0v) is 13.6. The van der Waals surface area contributed by atoms with Crippen molar-refractivity contribution in [2.45, 2.75) is 13.0 Å². The summed E-state index contributed by atoms with van der Waals surface area (Å²) in [5.74, 6) is 0.0208. The summed E-state index contributed by atoms with van der Waals surface area (Å²) in [7, 11) is 0. The van der Waals surface area contributed by atoms with Gasteiger partial charge >= 0.3 is 0 Å². The van der Waals surface area contributed by atoms with Crippen LogP contribution in [0.2, 0.25) is 10.0 Å². The van der Waals surface area contributed by atoms with E-state index in [0.717, 1.165) is 4.47 Å². The van der Waals surface area contributed by atoms with Gasteiger partial charge in [0, 0.05) is 16.1 Å². The quantitative estimate of drug-likeness (QED) is 0.677. The average molecular weight is 377 g/mol. The molecule has 0 aliphatic carbocycles. The molecule has 3 N–H and O–H groups in total. The highest BCUT2D eigenvalue weighted by Gasteiger charge is 2.15. The molecule has 2 aromatic rings. The molecule has 0 spiro atoms. The molecule has 2 rings (SSSR count). The Kier molecular flexibility index (Phi) is 4.68. The first-order valence-electron chi connectivity index (χ1n) is 5.81. The van der Waals surface area contributed by atoms with Crippen LogP contribution in [0, 0.1) is 0 Å². The SMILES string of the molecule is CC(Nc1c(Cl)cc(Br)cc1Cl)c1ccc(O)cc1O. The van der Waals surface area contributed by atoms with Gasteiger partial charge in [-0.05, 0) is 31.2 Å². The summed E-state index contributed by atoms with van der Waals surface area (Å²) < 4.78 is 0.790. The van der Waals surface area contributed by atoms with Gasteiger partial charge in [-0.3, -0.25) is 0 Å². The van der Waals surface area contributed by atoms with Crippen LogP contribution in [-0.2, 0) is 0 Å². The number of phenols is 2. The highest BCUT2D eigenvalue weighted by atomic mass is 79.9. The number of halogens is 3. The molecule has 2 aromatic carbocycles. The third-order valence-corrected chi connectivity index (χ3v) is 3.90. The molecule has 1 unspecified atom stereocenters. The lowest BCUT2D eigenvalue weighted by atomic mass is 10.1. The van der Waals surface area contributed by atoms with Crippen LogP contribution < -0.4 is 5.32 Å². The average Bonchev–Trinajstić information content (AvgIpc) is 2.33. The molecule has 0 heterocycles. The predicted octanol–water partition coefficient (Wildman–Crippen LogP) is 5.34. The van der Waals surface area contributed by atoms with E-state index in [4.69, 9.17) is 23.2 Å². The molecule has 0 amide bonds. The number of hydrogen-bond acceptors (Lipinski definition) is 3. The summed E-state index contributed by atoms with van der Waals surface area (Å²) in [6, 6.07) is 7.68. The van der Waals surface area contributed by atoms with Crippen molar-refractivity contribution < 1.29 is 10.2 Å². The first-order valence-corrected chi connectivity index (χ1v) is 7.36. The highest BCUT2D eigenvalue weighted by molar-refractivity contribution is 9.10. The van der Waals surface area contributed by atoms with Crippen molar-refractivity contribution in [3.05, 3.63) is 50.4 Å². The molecule has 0 radical (unpaired) electrons. The maximum atomic E-state index is 9.85. The predicted molar refractivity (Wildman–Crippen MR) is 86.0 cm³/mol. The van der Waals surface area contributed by atoms with E-state index in [2.05, 4.69) is 21.2 Å². The number of anilines is 1. The maximum absolute atomic E-state index is 9.85. The molecular weight excluding hydrogens is 365 g/mol. The van der Waals surface area contributed by atoms with E-state index in [1.54, 1.807) is 18.2 Å². The van der Waals surface area contributed by atoms with E-state index in [1.807, 2.05) is 6.92 Å². The van der Waals surface area contributed by atoms with Crippen molar-refractivity contribution in [2.75, 3.05) is 5.32 Å². The minimum absolute atomic E-state index is 0.00866. The zero-order chi connectivity index (χ0) is 14.9. The second-order valence-corrected chi connectivity index (χ2v) is 6.08. The van der Waals surface area contributed by atoms with Crippen molar-refractivity contribution in [2.24, 2.45) is 0 Å². The van der Waals surface area contributed by atoms with Gasteiger partial charge in [0.05, 0.1) is 21.8 Å². The number of nitrogens with one attached hydrogen (secondary N) is 1. The Morgan fingerprint density at radius 3 is 2.25 bits per heavy atom. The summed E-state index contributed by atoms with van der Waals surface area (Å²) in [4.78, 5) is 0. The Bertz CT molecular complexity index is 626. The highest BCUT2D eigenvalue weighted by Crippen LogP contribution is 2.37. The minimum Gasteiger partial charge on any atom is -0.508 e. The van der Waals surface area contributed by atoms with Crippen LogP contribution in [-0.4, -0.2) is 10.2 Å². The maximum Gasteiger partial charge on any atom is 0.124 e. The smallest absolute Gasteiger partial charge is 0.124 e. The number of benzene rings is 2. The van der Waals surface area contributed by atoms with Crippen molar-refractivity contribution in [3.8, 4) is 11.5 Å². The van der Waals surface area contributed by atoms with Crippen molar-refractivity contribution >= 4 is 44.8 Å². The van der Waals surface area contributed by atoms with E-state index >= 15 is 0 Å². The summed E-state index contributed by atoms with van der Waals surface area (Å²) in [6.45, 7) is 1.86. The van der Waals surface area contributed by atoms with Crippen LogP contribution >= 0.6 is 39.1 Å². The second-order valence-electron chi connectivity index (χ2n) is 4.35. The third-order valence-electron chi connectivity index (χ3n) is 2.85. The standard InChI is InChI=1S/C14H12BrCl2NO2/c1-7(10-3-2-9(19)6-13(10)20)18-14-11(16)4-8(15)5-12(14)17/h2-7,18-20H,1H3. The number of hydrogen-bond donors (Lipinski definition) is 3. The van der Waals surface area contributed by atoms with Gasteiger partial charge in [0.2, 0.25) is 0 Å². The minimum atomic E-state index is -0.230. The normalized spacial score (nSPS) is 12.2. The van der Waals surface area contributed by atoms with Gasteiger partial charge in [0.1, 0.15) is 11.5 Å². The second kappa shape index (κ2) is 6.12. The number of phenolic OH excluding ortho intramolecular Hbond substituents is 2. The molecule has 0 aliphatic heterocycles. The Hall–Kier alpha value is -1.10. The third kappa shape index (κ3) is 3.32. The molecule has 1 atom stereocenters. The molecule has 20 heavy (non-hydrogen) atoms. The number of rotatable bonds is 3. The van der Waals surface area contributed by atoms with Crippen LogP contribution in [0.3, 0.4) is 0 Å². The molecular formula is C14H12BrCl2NO2. The summed E-state index contributed by atoms with van der Waals surface area (Å²) in [6.07, 6.45) is 0. The monoisotopic (exact) mass is 375 g/mol. The van der Waals surface area contributed by atoms with Crippen LogP contribution in [0.5, 0.6) is 11.5 Å². The van der Waals surface area contributed by atoms with Gasteiger partial charge in [-0.2, -0.15) is 0 Å². The summed E-state index contributed by atoms with van der Waals surface area (Å²) in [5.41, 5.74) is 1.23. The van der Waals surface area contributed by atoms with Crippen molar-refractivity contribution in [3.63, 3.8) is 0 Å². The summed E-state index contributed by atoms with van der Waals surface area (Å²) in [5, 5.41) is 23.3. The van der Waals surface area contributed by atoms with Crippen molar-refractivity contribution in [1.29, 1.82) is 0 Å². The molecule has 0 aromatic heterocycles. The first-order chi connectivity index (χ1) is 9.38. The van der Waals surface area contributed by atoms with E-state index in [-0.39, 0.29) is 17.5 Å². The Labute approximate surface area is 135 Å². The lowest BCUT2D eigenvalue weighted by Crippen LogP contribution is -2.07. The van der Waals surface area contributed by atoms with E-state index in [0.29, 0.717) is 21.3 Å². The van der Waals surface area contributed by atoms with Crippen molar-refractivity contribution in [1.82, 2.24) is 0 Å². The molecule has 0 saturated carbocycles. The van der Waals surface area contributed by atoms with Gasteiger partial charge in [-0.25, -0.2) is 0 Å². The van der Waals surface area contributed by atoms with Gasteiger partial charge < -0.3 is 15.5 Å². The lowest BCUT2D eigenvalue weighted by Gasteiger charge is -2.19. The Morgan fingerprint density at radius 1 is 1.10 bits per heavy atom.